The van der Waals surface area contributed by atoms with E-state index in [0.717, 1.165) is 43.5 Å². The van der Waals surface area contributed by atoms with Gasteiger partial charge in [-0.3, -0.25) is 4.40 Å². The van der Waals surface area contributed by atoms with Gasteiger partial charge in [-0.25, -0.2) is 4.98 Å². The standard InChI is InChI=1S/C35H23N2OP/c38-39(26-13-3-1-4-14-26,27-15-5-2-6-16-27)28-19-20-34-32(23-28)36-35-31-22-25-12-8-7-11-24(25)21-30(31)29-17-9-10-18-33(29)37(34)35/h1-23H. The predicted octanol–water partition coefficient (Wildman–Crippen LogP) is 7.59. The summed E-state index contributed by atoms with van der Waals surface area (Å²) in [5.74, 6) is 0. The Morgan fingerprint density at radius 3 is 1.77 bits per heavy atom. The summed E-state index contributed by atoms with van der Waals surface area (Å²) >= 11 is 0. The van der Waals surface area contributed by atoms with Gasteiger partial charge in [-0.05, 0) is 52.6 Å². The zero-order chi connectivity index (χ0) is 26.0. The fraction of sp³-hybridized carbons (Fsp3) is 0. The van der Waals surface area contributed by atoms with Crippen molar-refractivity contribution >= 4 is 72.2 Å². The Kier molecular flexibility index (Phi) is 4.79. The number of para-hydroxylation sites is 1. The fourth-order valence-electron chi connectivity index (χ4n) is 5.96. The highest BCUT2D eigenvalue weighted by atomic mass is 31.2. The van der Waals surface area contributed by atoms with Crippen LogP contribution in [0.2, 0.25) is 0 Å². The lowest BCUT2D eigenvalue weighted by Gasteiger charge is -2.20. The molecule has 4 heteroatoms. The van der Waals surface area contributed by atoms with Crippen molar-refractivity contribution in [3.63, 3.8) is 0 Å². The molecule has 0 atom stereocenters. The maximum absolute atomic E-state index is 15.0. The molecule has 0 N–H and O–H groups in total. The zero-order valence-electron chi connectivity index (χ0n) is 21.0. The van der Waals surface area contributed by atoms with Crippen LogP contribution in [-0.4, -0.2) is 9.38 Å². The lowest BCUT2D eigenvalue weighted by Crippen LogP contribution is -2.24. The van der Waals surface area contributed by atoms with E-state index in [-0.39, 0.29) is 0 Å². The van der Waals surface area contributed by atoms with Crippen LogP contribution in [-0.2, 0) is 4.57 Å². The van der Waals surface area contributed by atoms with Crippen LogP contribution in [0.1, 0.15) is 0 Å². The normalized spacial score (nSPS) is 12.2. The zero-order valence-corrected chi connectivity index (χ0v) is 21.9. The largest absolute Gasteiger partial charge is 0.309 e. The summed E-state index contributed by atoms with van der Waals surface area (Å²) in [6.45, 7) is 0. The van der Waals surface area contributed by atoms with Gasteiger partial charge in [0.1, 0.15) is 5.65 Å². The Labute approximate surface area is 225 Å². The van der Waals surface area contributed by atoms with Crippen molar-refractivity contribution in [3.05, 3.63) is 140 Å². The third kappa shape index (κ3) is 3.24. The quantitative estimate of drug-likeness (QED) is 0.137. The van der Waals surface area contributed by atoms with Gasteiger partial charge in [0.25, 0.3) is 0 Å². The maximum atomic E-state index is 15.0. The Bertz CT molecular complexity index is 2210. The molecule has 0 saturated carbocycles. The van der Waals surface area contributed by atoms with Crippen LogP contribution in [0.4, 0.5) is 0 Å². The van der Waals surface area contributed by atoms with Crippen LogP contribution < -0.4 is 15.9 Å². The summed E-state index contributed by atoms with van der Waals surface area (Å²) < 4.78 is 17.3. The highest BCUT2D eigenvalue weighted by molar-refractivity contribution is 7.85. The predicted molar refractivity (Wildman–Crippen MR) is 165 cm³/mol. The third-order valence-corrected chi connectivity index (χ3v) is 10.9. The lowest BCUT2D eigenvalue weighted by atomic mass is 10.0. The smallest absolute Gasteiger partial charge is 0.171 e. The van der Waals surface area contributed by atoms with Crippen molar-refractivity contribution in [2.45, 2.75) is 0 Å². The van der Waals surface area contributed by atoms with Gasteiger partial charge >= 0.3 is 0 Å². The molecule has 2 heterocycles. The van der Waals surface area contributed by atoms with Crippen LogP contribution in [0.25, 0.3) is 49.1 Å². The molecule has 8 rings (SSSR count). The highest BCUT2D eigenvalue weighted by Gasteiger charge is 2.30. The van der Waals surface area contributed by atoms with Crippen LogP contribution in [0.15, 0.2) is 140 Å². The number of benzene rings is 6. The highest BCUT2D eigenvalue weighted by Crippen LogP contribution is 2.43. The van der Waals surface area contributed by atoms with E-state index in [0.29, 0.717) is 0 Å². The summed E-state index contributed by atoms with van der Waals surface area (Å²) in [5, 5.41) is 8.31. The molecule has 0 fully saturated rings. The van der Waals surface area contributed by atoms with E-state index in [2.05, 4.69) is 71.1 Å². The monoisotopic (exact) mass is 518 g/mol. The molecular weight excluding hydrogens is 495 g/mol. The summed E-state index contributed by atoms with van der Waals surface area (Å²) in [6.07, 6.45) is 0. The molecule has 0 radical (unpaired) electrons. The first kappa shape index (κ1) is 22.3. The molecule has 0 aliphatic carbocycles. The van der Waals surface area contributed by atoms with Gasteiger partial charge < -0.3 is 4.57 Å². The molecule has 0 amide bonds. The molecule has 3 nitrogen and oxygen atoms in total. The molecule has 2 aromatic heterocycles. The summed E-state index contributed by atoms with van der Waals surface area (Å²) in [4.78, 5) is 5.20. The Hall–Kier alpha value is -4.72. The fourth-order valence-corrected chi connectivity index (χ4v) is 8.62. The molecule has 0 spiro atoms. The first-order valence-corrected chi connectivity index (χ1v) is 14.8. The van der Waals surface area contributed by atoms with Crippen LogP contribution in [0.5, 0.6) is 0 Å². The van der Waals surface area contributed by atoms with Crippen LogP contribution >= 0.6 is 7.14 Å². The second-order valence-electron chi connectivity index (χ2n) is 9.99. The molecule has 0 unspecified atom stereocenters. The number of aromatic nitrogens is 2. The van der Waals surface area contributed by atoms with Crippen molar-refractivity contribution < 1.29 is 4.57 Å². The van der Waals surface area contributed by atoms with E-state index in [1.165, 1.54) is 21.5 Å². The van der Waals surface area contributed by atoms with Crippen LogP contribution in [0, 0.1) is 0 Å². The molecule has 184 valence electrons. The van der Waals surface area contributed by atoms with E-state index in [1.54, 1.807) is 0 Å². The summed E-state index contributed by atoms with van der Waals surface area (Å²) in [7, 11) is -3.10. The second-order valence-corrected chi connectivity index (χ2v) is 12.8. The van der Waals surface area contributed by atoms with Crippen molar-refractivity contribution in [2.75, 3.05) is 0 Å². The SMILES string of the molecule is O=P(c1ccccc1)(c1ccccc1)c1ccc2c(c1)nc1c3cc4ccccc4cc3c3ccccc3n21. The minimum absolute atomic E-state index is 0.787. The molecular formula is C35H23N2OP. The number of rotatable bonds is 3. The number of fused-ring (bicyclic) bond motifs is 9. The number of pyridine rings is 1. The molecule has 6 aromatic carbocycles. The van der Waals surface area contributed by atoms with Gasteiger partial charge in [0, 0.05) is 26.7 Å². The van der Waals surface area contributed by atoms with E-state index < -0.39 is 7.14 Å². The first-order chi connectivity index (χ1) is 19.2. The van der Waals surface area contributed by atoms with E-state index >= 15 is 4.57 Å². The first-order valence-electron chi connectivity index (χ1n) is 13.1. The van der Waals surface area contributed by atoms with Crippen molar-refractivity contribution in [2.24, 2.45) is 0 Å². The van der Waals surface area contributed by atoms with Gasteiger partial charge in [-0.2, -0.15) is 0 Å². The van der Waals surface area contributed by atoms with E-state index in [4.69, 9.17) is 4.98 Å². The van der Waals surface area contributed by atoms with Crippen molar-refractivity contribution in [1.29, 1.82) is 0 Å². The number of hydrogen-bond acceptors (Lipinski definition) is 2. The van der Waals surface area contributed by atoms with Gasteiger partial charge in [0.2, 0.25) is 0 Å². The second kappa shape index (κ2) is 8.39. The third-order valence-electron chi connectivity index (χ3n) is 7.80. The molecule has 39 heavy (non-hydrogen) atoms. The minimum Gasteiger partial charge on any atom is -0.309 e. The van der Waals surface area contributed by atoms with Gasteiger partial charge in [0.05, 0.1) is 16.6 Å². The van der Waals surface area contributed by atoms with Crippen LogP contribution in [0.3, 0.4) is 0 Å². The van der Waals surface area contributed by atoms with E-state index in [1.807, 2.05) is 72.8 Å². The molecule has 0 bridgehead atoms. The average Bonchev–Trinajstić information content (AvgIpc) is 3.40. The molecule has 0 aliphatic rings. The summed E-state index contributed by atoms with van der Waals surface area (Å²) in [6, 6.07) is 47.3. The molecule has 8 aromatic rings. The number of hydrogen-bond donors (Lipinski definition) is 0. The van der Waals surface area contributed by atoms with Gasteiger partial charge in [-0.1, -0.05) is 103 Å². The average molecular weight is 519 g/mol. The van der Waals surface area contributed by atoms with Crippen molar-refractivity contribution in [1.82, 2.24) is 9.38 Å². The summed E-state index contributed by atoms with van der Waals surface area (Å²) in [5.41, 5.74) is 3.87. The van der Waals surface area contributed by atoms with Gasteiger partial charge in [-0.15, -0.1) is 0 Å². The molecule has 0 aliphatic heterocycles. The van der Waals surface area contributed by atoms with Gasteiger partial charge in [0.15, 0.2) is 7.14 Å². The lowest BCUT2D eigenvalue weighted by molar-refractivity contribution is 0.592. The topological polar surface area (TPSA) is 34.4 Å². The molecule has 0 saturated heterocycles. The number of nitrogens with zero attached hydrogens (tertiary/aromatic N) is 2. The Balaban J connectivity index is 1.48. The Morgan fingerprint density at radius 2 is 1.08 bits per heavy atom. The number of imidazole rings is 1. The Morgan fingerprint density at radius 1 is 0.487 bits per heavy atom. The minimum atomic E-state index is -3.10. The van der Waals surface area contributed by atoms with Crippen molar-refractivity contribution in [3.8, 4) is 0 Å². The van der Waals surface area contributed by atoms with E-state index in [9.17, 15) is 0 Å². The maximum Gasteiger partial charge on any atom is 0.171 e.